The number of aryl methyl sites for hydroxylation is 3. The average molecular weight is 264 g/mol. The molecule has 0 aliphatic carbocycles. The van der Waals surface area contributed by atoms with Crippen molar-refractivity contribution in [3.05, 3.63) is 33.3 Å². The standard InChI is InChI=1S/C13H20N4S/c1-5-6-14-13(11-8-15-16-17(11)4)12-7-9(2)10(3)18-12/h7-8,13-14H,5-6H2,1-4H3. The summed E-state index contributed by atoms with van der Waals surface area (Å²) in [4.78, 5) is 2.72. The first-order chi connectivity index (χ1) is 8.63. The van der Waals surface area contributed by atoms with E-state index in [1.165, 1.54) is 15.3 Å². The fraction of sp³-hybridized carbons (Fsp3) is 0.538. The van der Waals surface area contributed by atoms with E-state index >= 15 is 0 Å². The molecule has 0 bridgehead atoms. The summed E-state index contributed by atoms with van der Waals surface area (Å²) in [5.74, 6) is 0. The van der Waals surface area contributed by atoms with Crippen LogP contribution in [0, 0.1) is 13.8 Å². The van der Waals surface area contributed by atoms with Crippen molar-refractivity contribution in [2.24, 2.45) is 7.05 Å². The zero-order valence-corrected chi connectivity index (χ0v) is 12.2. The van der Waals surface area contributed by atoms with Gasteiger partial charge in [-0.05, 0) is 38.4 Å². The normalized spacial score (nSPS) is 12.9. The summed E-state index contributed by atoms with van der Waals surface area (Å²) in [5.41, 5.74) is 2.47. The second-order valence-electron chi connectivity index (χ2n) is 4.56. The fourth-order valence-electron chi connectivity index (χ4n) is 1.94. The maximum atomic E-state index is 4.03. The molecule has 1 atom stereocenters. The van der Waals surface area contributed by atoms with Gasteiger partial charge in [-0.1, -0.05) is 12.1 Å². The molecule has 18 heavy (non-hydrogen) atoms. The molecule has 0 fully saturated rings. The van der Waals surface area contributed by atoms with Crippen molar-refractivity contribution in [3.8, 4) is 0 Å². The van der Waals surface area contributed by atoms with Crippen LogP contribution in [0.25, 0.3) is 0 Å². The number of nitrogens with zero attached hydrogens (tertiary/aromatic N) is 3. The van der Waals surface area contributed by atoms with Crippen LogP contribution in [0.5, 0.6) is 0 Å². The molecule has 0 aromatic carbocycles. The number of rotatable bonds is 5. The molecule has 0 saturated heterocycles. The molecule has 0 radical (unpaired) electrons. The first kappa shape index (κ1) is 13.2. The Labute approximate surface area is 112 Å². The third-order valence-electron chi connectivity index (χ3n) is 3.11. The van der Waals surface area contributed by atoms with Crippen LogP contribution in [0.2, 0.25) is 0 Å². The molecule has 0 saturated carbocycles. The van der Waals surface area contributed by atoms with E-state index in [1.54, 1.807) is 0 Å². The van der Waals surface area contributed by atoms with Crippen molar-refractivity contribution < 1.29 is 0 Å². The third-order valence-corrected chi connectivity index (χ3v) is 4.33. The first-order valence-electron chi connectivity index (χ1n) is 6.28. The zero-order chi connectivity index (χ0) is 13.1. The number of hydrogen-bond donors (Lipinski definition) is 1. The molecule has 0 amide bonds. The topological polar surface area (TPSA) is 42.7 Å². The Morgan fingerprint density at radius 2 is 2.22 bits per heavy atom. The van der Waals surface area contributed by atoms with Gasteiger partial charge < -0.3 is 5.32 Å². The van der Waals surface area contributed by atoms with Crippen LogP contribution >= 0.6 is 11.3 Å². The van der Waals surface area contributed by atoms with E-state index in [-0.39, 0.29) is 6.04 Å². The van der Waals surface area contributed by atoms with Gasteiger partial charge in [0.05, 0.1) is 17.9 Å². The molecule has 2 aromatic rings. The largest absolute Gasteiger partial charge is 0.304 e. The highest BCUT2D eigenvalue weighted by Gasteiger charge is 2.19. The summed E-state index contributed by atoms with van der Waals surface area (Å²) < 4.78 is 1.84. The van der Waals surface area contributed by atoms with Gasteiger partial charge in [-0.2, -0.15) is 0 Å². The van der Waals surface area contributed by atoms with Gasteiger partial charge in [-0.3, -0.25) is 4.68 Å². The van der Waals surface area contributed by atoms with Crippen LogP contribution in [0.3, 0.4) is 0 Å². The summed E-state index contributed by atoms with van der Waals surface area (Å²) in [7, 11) is 1.94. The van der Waals surface area contributed by atoms with E-state index in [0.29, 0.717) is 0 Å². The van der Waals surface area contributed by atoms with E-state index in [2.05, 4.69) is 42.5 Å². The van der Waals surface area contributed by atoms with Gasteiger partial charge in [0, 0.05) is 16.8 Å². The van der Waals surface area contributed by atoms with Crippen molar-refractivity contribution in [3.63, 3.8) is 0 Å². The van der Waals surface area contributed by atoms with Crippen molar-refractivity contribution >= 4 is 11.3 Å². The lowest BCUT2D eigenvalue weighted by Gasteiger charge is -2.16. The maximum Gasteiger partial charge on any atom is 0.0858 e. The van der Waals surface area contributed by atoms with Gasteiger partial charge in [0.2, 0.25) is 0 Å². The van der Waals surface area contributed by atoms with Gasteiger partial charge >= 0.3 is 0 Å². The van der Waals surface area contributed by atoms with Crippen LogP contribution in [-0.4, -0.2) is 21.5 Å². The molecule has 4 nitrogen and oxygen atoms in total. The number of thiophene rings is 1. The molecule has 5 heteroatoms. The maximum absolute atomic E-state index is 4.03. The predicted octanol–water partition coefficient (Wildman–Crippen LogP) is 2.58. The highest BCUT2D eigenvalue weighted by atomic mass is 32.1. The van der Waals surface area contributed by atoms with E-state index in [9.17, 15) is 0 Å². The Kier molecular flexibility index (Phi) is 4.14. The number of nitrogens with one attached hydrogen (secondary N) is 1. The van der Waals surface area contributed by atoms with Crippen LogP contribution < -0.4 is 5.32 Å². The summed E-state index contributed by atoms with van der Waals surface area (Å²) in [6.07, 6.45) is 2.96. The second kappa shape index (κ2) is 5.63. The van der Waals surface area contributed by atoms with Crippen LogP contribution in [-0.2, 0) is 7.05 Å². The molecule has 2 aromatic heterocycles. The minimum Gasteiger partial charge on any atom is -0.304 e. The van der Waals surface area contributed by atoms with Gasteiger partial charge in [-0.15, -0.1) is 16.4 Å². The number of aromatic nitrogens is 3. The smallest absolute Gasteiger partial charge is 0.0858 e. The zero-order valence-electron chi connectivity index (χ0n) is 11.4. The van der Waals surface area contributed by atoms with E-state index < -0.39 is 0 Å². The molecule has 98 valence electrons. The molecule has 0 spiro atoms. The molecular weight excluding hydrogens is 244 g/mol. The highest BCUT2D eigenvalue weighted by molar-refractivity contribution is 7.12. The molecule has 0 aliphatic rings. The summed E-state index contributed by atoms with van der Waals surface area (Å²) in [6, 6.07) is 2.46. The number of hydrogen-bond acceptors (Lipinski definition) is 4. The van der Waals surface area contributed by atoms with Gasteiger partial charge in [0.25, 0.3) is 0 Å². The van der Waals surface area contributed by atoms with Crippen LogP contribution in [0.4, 0.5) is 0 Å². The predicted molar refractivity (Wildman–Crippen MR) is 74.9 cm³/mol. The third kappa shape index (κ3) is 2.62. The lowest BCUT2D eigenvalue weighted by atomic mass is 10.1. The minimum absolute atomic E-state index is 0.197. The van der Waals surface area contributed by atoms with E-state index in [0.717, 1.165) is 18.7 Å². The fourth-order valence-corrected chi connectivity index (χ4v) is 3.07. The van der Waals surface area contributed by atoms with Crippen LogP contribution in [0.15, 0.2) is 12.3 Å². The Balaban J connectivity index is 2.33. The lowest BCUT2D eigenvalue weighted by Crippen LogP contribution is -2.24. The molecule has 2 rings (SSSR count). The van der Waals surface area contributed by atoms with Gasteiger partial charge in [0.15, 0.2) is 0 Å². The Morgan fingerprint density at radius 1 is 1.44 bits per heavy atom. The van der Waals surface area contributed by atoms with Crippen molar-refractivity contribution in [1.29, 1.82) is 0 Å². The van der Waals surface area contributed by atoms with Crippen LogP contribution in [0.1, 0.15) is 40.4 Å². The van der Waals surface area contributed by atoms with E-state index in [1.807, 2.05) is 29.3 Å². The van der Waals surface area contributed by atoms with E-state index in [4.69, 9.17) is 0 Å². The SMILES string of the molecule is CCCNC(c1cc(C)c(C)s1)c1cnnn1C. The quantitative estimate of drug-likeness (QED) is 0.902. The molecule has 1 N–H and O–H groups in total. The monoisotopic (exact) mass is 264 g/mol. The second-order valence-corrected chi connectivity index (χ2v) is 5.85. The molecule has 1 unspecified atom stereocenters. The van der Waals surface area contributed by atoms with Crippen molar-refractivity contribution in [2.75, 3.05) is 6.54 Å². The van der Waals surface area contributed by atoms with Crippen molar-refractivity contribution in [2.45, 2.75) is 33.2 Å². The first-order valence-corrected chi connectivity index (χ1v) is 7.10. The van der Waals surface area contributed by atoms with Gasteiger partial charge in [0.1, 0.15) is 0 Å². The average Bonchev–Trinajstić information content (AvgIpc) is 2.88. The molecule has 0 aliphatic heterocycles. The highest BCUT2D eigenvalue weighted by Crippen LogP contribution is 2.30. The summed E-state index contributed by atoms with van der Waals surface area (Å²) in [5, 5.41) is 11.6. The Morgan fingerprint density at radius 3 is 2.72 bits per heavy atom. The Bertz CT molecular complexity index is 495. The lowest BCUT2D eigenvalue weighted by molar-refractivity contribution is 0.556. The van der Waals surface area contributed by atoms with Crippen molar-refractivity contribution in [1.82, 2.24) is 20.3 Å². The summed E-state index contributed by atoms with van der Waals surface area (Å²) in [6.45, 7) is 7.50. The van der Waals surface area contributed by atoms with Gasteiger partial charge in [-0.25, -0.2) is 0 Å². The molecule has 2 heterocycles. The summed E-state index contributed by atoms with van der Waals surface area (Å²) >= 11 is 1.85. The Hall–Kier alpha value is -1.20. The molecular formula is C13H20N4S. The minimum atomic E-state index is 0.197.